The summed E-state index contributed by atoms with van der Waals surface area (Å²) in [7, 11) is 0. The standard InChI is InChI=1S/C17H24N2O2/c1-11-8-13-14(9-12(11)2)19(7-6-16(20)21)15(18-13)10-17(3,4)5/h8-9H,6-7,10H2,1-5H3,(H,20,21). The van der Waals surface area contributed by atoms with Gasteiger partial charge in [0.2, 0.25) is 0 Å². The Morgan fingerprint density at radius 1 is 1.24 bits per heavy atom. The van der Waals surface area contributed by atoms with E-state index in [1.54, 1.807) is 0 Å². The molecule has 0 fully saturated rings. The van der Waals surface area contributed by atoms with Crippen molar-refractivity contribution < 1.29 is 9.90 Å². The van der Waals surface area contributed by atoms with E-state index in [9.17, 15) is 4.79 Å². The zero-order valence-corrected chi connectivity index (χ0v) is 13.5. The molecule has 4 heteroatoms. The van der Waals surface area contributed by atoms with Gasteiger partial charge in [0.1, 0.15) is 5.82 Å². The van der Waals surface area contributed by atoms with Gasteiger partial charge in [0.15, 0.2) is 0 Å². The summed E-state index contributed by atoms with van der Waals surface area (Å²) in [5.74, 6) is 0.200. The van der Waals surface area contributed by atoms with Crippen LogP contribution in [0.3, 0.4) is 0 Å². The van der Waals surface area contributed by atoms with Crippen LogP contribution in [0.5, 0.6) is 0 Å². The fourth-order valence-electron chi connectivity index (χ4n) is 2.50. The molecule has 0 amide bonds. The van der Waals surface area contributed by atoms with Crippen molar-refractivity contribution in [3.05, 3.63) is 29.1 Å². The van der Waals surface area contributed by atoms with Crippen LogP contribution in [-0.2, 0) is 17.8 Å². The zero-order valence-electron chi connectivity index (χ0n) is 13.5. The van der Waals surface area contributed by atoms with Crippen molar-refractivity contribution in [2.45, 2.75) is 54.0 Å². The van der Waals surface area contributed by atoms with Crippen molar-refractivity contribution in [2.24, 2.45) is 5.41 Å². The zero-order chi connectivity index (χ0) is 15.8. The molecule has 0 aliphatic rings. The van der Waals surface area contributed by atoms with Crippen LogP contribution >= 0.6 is 0 Å². The van der Waals surface area contributed by atoms with Crippen molar-refractivity contribution in [1.82, 2.24) is 9.55 Å². The molecule has 1 N–H and O–H groups in total. The summed E-state index contributed by atoms with van der Waals surface area (Å²) >= 11 is 0. The number of carbonyl (C=O) groups is 1. The molecule has 0 atom stereocenters. The van der Waals surface area contributed by atoms with Crippen molar-refractivity contribution in [2.75, 3.05) is 0 Å². The average molecular weight is 288 g/mol. The predicted octanol–water partition coefficient (Wildman–Crippen LogP) is 3.72. The number of aliphatic carboxylic acids is 1. The molecule has 2 rings (SSSR count). The van der Waals surface area contributed by atoms with E-state index in [-0.39, 0.29) is 11.8 Å². The van der Waals surface area contributed by atoms with E-state index in [0.29, 0.717) is 6.54 Å². The van der Waals surface area contributed by atoms with E-state index >= 15 is 0 Å². The van der Waals surface area contributed by atoms with Gasteiger partial charge in [-0.05, 0) is 42.5 Å². The number of nitrogens with zero attached hydrogens (tertiary/aromatic N) is 2. The molecule has 114 valence electrons. The summed E-state index contributed by atoms with van der Waals surface area (Å²) < 4.78 is 2.07. The molecule has 1 aromatic heterocycles. The Hall–Kier alpha value is -1.84. The summed E-state index contributed by atoms with van der Waals surface area (Å²) in [4.78, 5) is 15.7. The number of rotatable bonds is 4. The monoisotopic (exact) mass is 288 g/mol. The third kappa shape index (κ3) is 3.63. The smallest absolute Gasteiger partial charge is 0.305 e. The first-order valence-electron chi connectivity index (χ1n) is 7.35. The highest BCUT2D eigenvalue weighted by Gasteiger charge is 2.19. The highest BCUT2D eigenvalue weighted by molar-refractivity contribution is 5.78. The maximum absolute atomic E-state index is 10.9. The van der Waals surface area contributed by atoms with E-state index < -0.39 is 5.97 Å². The summed E-state index contributed by atoms with van der Waals surface area (Å²) in [5, 5.41) is 8.97. The minimum absolute atomic E-state index is 0.117. The maximum Gasteiger partial charge on any atom is 0.305 e. The number of carboxylic acids is 1. The highest BCUT2D eigenvalue weighted by Crippen LogP contribution is 2.26. The van der Waals surface area contributed by atoms with E-state index in [2.05, 4.69) is 51.3 Å². The van der Waals surface area contributed by atoms with E-state index in [1.165, 1.54) is 11.1 Å². The van der Waals surface area contributed by atoms with E-state index in [4.69, 9.17) is 10.1 Å². The molecular formula is C17H24N2O2. The number of fused-ring (bicyclic) bond motifs is 1. The van der Waals surface area contributed by atoms with Crippen molar-refractivity contribution in [1.29, 1.82) is 0 Å². The summed E-state index contributed by atoms with van der Waals surface area (Å²) in [5.41, 5.74) is 4.54. The van der Waals surface area contributed by atoms with Gasteiger partial charge >= 0.3 is 5.97 Å². The Balaban J connectivity index is 2.54. The van der Waals surface area contributed by atoms with Crippen LogP contribution < -0.4 is 0 Å². The normalized spacial score (nSPS) is 12.0. The topological polar surface area (TPSA) is 55.1 Å². The Labute approximate surface area is 125 Å². The van der Waals surface area contributed by atoms with Crippen LogP contribution in [0.1, 0.15) is 44.1 Å². The molecule has 21 heavy (non-hydrogen) atoms. The fourth-order valence-corrected chi connectivity index (χ4v) is 2.50. The maximum atomic E-state index is 10.9. The van der Waals surface area contributed by atoms with Gasteiger partial charge in [-0.15, -0.1) is 0 Å². The molecule has 0 radical (unpaired) electrons. The van der Waals surface area contributed by atoms with Crippen LogP contribution in [-0.4, -0.2) is 20.6 Å². The predicted molar refractivity (Wildman–Crippen MR) is 84.6 cm³/mol. The molecule has 4 nitrogen and oxygen atoms in total. The van der Waals surface area contributed by atoms with Gasteiger partial charge in [0, 0.05) is 13.0 Å². The summed E-state index contributed by atoms with van der Waals surface area (Å²) in [6, 6.07) is 4.21. The average Bonchev–Trinajstić information content (AvgIpc) is 2.62. The third-order valence-corrected chi connectivity index (χ3v) is 3.68. The minimum Gasteiger partial charge on any atom is -0.481 e. The molecule has 0 saturated heterocycles. The van der Waals surface area contributed by atoms with Crippen LogP contribution in [0.2, 0.25) is 0 Å². The van der Waals surface area contributed by atoms with E-state index in [1.807, 2.05) is 0 Å². The SMILES string of the molecule is Cc1cc2nc(CC(C)(C)C)n(CCC(=O)O)c2cc1C. The molecule has 0 saturated carbocycles. The number of hydrogen-bond acceptors (Lipinski definition) is 2. The van der Waals surface area contributed by atoms with Gasteiger partial charge in [0.05, 0.1) is 17.5 Å². The van der Waals surface area contributed by atoms with Gasteiger partial charge in [-0.1, -0.05) is 20.8 Å². The second-order valence-electron chi connectivity index (χ2n) is 6.99. The molecule has 0 aliphatic carbocycles. The number of carboxylic acid groups (broad SMARTS) is 1. The second kappa shape index (κ2) is 5.51. The van der Waals surface area contributed by atoms with Crippen LogP contribution in [0.4, 0.5) is 0 Å². The minimum atomic E-state index is -0.776. The lowest BCUT2D eigenvalue weighted by atomic mass is 9.92. The fraction of sp³-hybridized carbons (Fsp3) is 0.529. The summed E-state index contributed by atoms with van der Waals surface area (Å²) in [6.45, 7) is 11.1. The Bertz CT molecular complexity index is 678. The number of imidazole rings is 1. The number of benzene rings is 1. The third-order valence-electron chi connectivity index (χ3n) is 3.68. The lowest BCUT2D eigenvalue weighted by Gasteiger charge is -2.18. The van der Waals surface area contributed by atoms with E-state index in [0.717, 1.165) is 23.3 Å². The Morgan fingerprint density at radius 3 is 2.43 bits per heavy atom. The molecule has 0 bridgehead atoms. The molecule has 2 aromatic rings. The Kier molecular flexibility index (Phi) is 4.08. The van der Waals surface area contributed by atoms with Gasteiger partial charge in [-0.2, -0.15) is 0 Å². The summed E-state index contributed by atoms with van der Waals surface area (Å²) in [6.07, 6.45) is 0.953. The van der Waals surface area contributed by atoms with Gasteiger partial charge in [0.25, 0.3) is 0 Å². The lowest BCUT2D eigenvalue weighted by Crippen LogP contribution is -2.15. The number of aromatic nitrogens is 2. The van der Waals surface area contributed by atoms with Crippen LogP contribution in [0, 0.1) is 19.3 Å². The first-order chi connectivity index (χ1) is 9.67. The van der Waals surface area contributed by atoms with Crippen molar-refractivity contribution in [3.8, 4) is 0 Å². The highest BCUT2D eigenvalue weighted by atomic mass is 16.4. The van der Waals surface area contributed by atoms with Crippen molar-refractivity contribution in [3.63, 3.8) is 0 Å². The van der Waals surface area contributed by atoms with Gasteiger partial charge in [-0.3, -0.25) is 4.79 Å². The molecule has 0 aliphatic heterocycles. The quantitative estimate of drug-likeness (QED) is 0.933. The molecule has 1 aromatic carbocycles. The van der Waals surface area contributed by atoms with Gasteiger partial charge < -0.3 is 9.67 Å². The molecular weight excluding hydrogens is 264 g/mol. The van der Waals surface area contributed by atoms with Crippen molar-refractivity contribution >= 4 is 17.0 Å². The van der Waals surface area contributed by atoms with Crippen LogP contribution in [0.15, 0.2) is 12.1 Å². The largest absolute Gasteiger partial charge is 0.481 e. The first kappa shape index (κ1) is 15.5. The lowest BCUT2D eigenvalue weighted by molar-refractivity contribution is -0.137. The molecule has 0 unspecified atom stereocenters. The Morgan fingerprint density at radius 2 is 1.86 bits per heavy atom. The van der Waals surface area contributed by atoms with Crippen LogP contribution in [0.25, 0.3) is 11.0 Å². The number of hydrogen-bond donors (Lipinski definition) is 1. The number of aryl methyl sites for hydroxylation is 3. The molecule has 0 spiro atoms. The first-order valence-corrected chi connectivity index (χ1v) is 7.35. The van der Waals surface area contributed by atoms with Gasteiger partial charge in [-0.25, -0.2) is 4.98 Å². The second-order valence-corrected chi connectivity index (χ2v) is 6.99. The molecule has 1 heterocycles.